The second kappa shape index (κ2) is 12.9. The molecule has 4 heteroatoms. The molecule has 0 bridgehead atoms. The highest BCUT2D eigenvalue weighted by Gasteiger charge is 2.08. The molecule has 0 aromatic carbocycles. The molecule has 1 aliphatic rings. The molecule has 1 fully saturated rings. The number of piperidine rings is 1. The van der Waals surface area contributed by atoms with Crippen molar-refractivity contribution < 1.29 is 14.2 Å². The fourth-order valence-electron chi connectivity index (χ4n) is 2.36. The van der Waals surface area contributed by atoms with Crippen molar-refractivity contribution in [1.29, 1.82) is 0 Å². The van der Waals surface area contributed by atoms with Crippen LogP contribution in [-0.2, 0) is 14.2 Å². The highest BCUT2D eigenvalue weighted by Crippen LogP contribution is 2.09. The Kier molecular flexibility index (Phi) is 11.4. The van der Waals surface area contributed by atoms with Crippen molar-refractivity contribution in [3.63, 3.8) is 0 Å². The molecular weight excluding hydrogens is 242 g/mol. The average Bonchev–Trinajstić information content (AvgIpc) is 2.46. The molecule has 0 N–H and O–H groups in total. The van der Waals surface area contributed by atoms with Crippen LogP contribution < -0.4 is 0 Å². The maximum absolute atomic E-state index is 5.53. The first-order chi connectivity index (χ1) is 9.43. The summed E-state index contributed by atoms with van der Waals surface area (Å²) in [6, 6.07) is 0. The van der Waals surface area contributed by atoms with Crippen LogP contribution in [0.2, 0.25) is 0 Å². The first kappa shape index (κ1) is 16.9. The lowest BCUT2D eigenvalue weighted by Crippen LogP contribution is -2.30. The number of hydrogen-bond acceptors (Lipinski definition) is 4. The lowest BCUT2D eigenvalue weighted by molar-refractivity contribution is 0.0238. The highest BCUT2D eigenvalue weighted by molar-refractivity contribution is 4.64. The molecule has 0 aromatic rings. The van der Waals surface area contributed by atoms with Crippen LogP contribution in [0.4, 0.5) is 0 Å². The molecule has 0 saturated carbocycles. The SMILES string of the molecule is COCCOCCOCCCCCN1CCCCC1. The van der Waals surface area contributed by atoms with Crippen LogP contribution in [0.25, 0.3) is 0 Å². The van der Waals surface area contributed by atoms with Crippen molar-refractivity contribution >= 4 is 0 Å². The zero-order valence-electron chi connectivity index (χ0n) is 12.6. The predicted molar refractivity (Wildman–Crippen MR) is 77.7 cm³/mol. The zero-order valence-corrected chi connectivity index (χ0v) is 12.6. The van der Waals surface area contributed by atoms with E-state index in [1.165, 1.54) is 58.2 Å². The fraction of sp³-hybridized carbons (Fsp3) is 1.00. The fourth-order valence-corrected chi connectivity index (χ4v) is 2.36. The summed E-state index contributed by atoms with van der Waals surface area (Å²) in [5.41, 5.74) is 0. The second-order valence-electron chi connectivity index (χ2n) is 5.18. The Hall–Kier alpha value is -0.160. The van der Waals surface area contributed by atoms with E-state index in [0.717, 1.165) is 6.61 Å². The van der Waals surface area contributed by atoms with E-state index in [1.54, 1.807) is 7.11 Å². The van der Waals surface area contributed by atoms with Gasteiger partial charge in [-0.25, -0.2) is 0 Å². The van der Waals surface area contributed by atoms with E-state index in [0.29, 0.717) is 26.4 Å². The summed E-state index contributed by atoms with van der Waals surface area (Å²) < 4.78 is 15.7. The van der Waals surface area contributed by atoms with Crippen LogP contribution in [0.5, 0.6) is 0 Å². The van der Waals surface area contributed by atoms with Gasteiger partial charge in [0, 0.05) is 13.7 Å². The summed E-state index contributed by atoms with van der Waals surface area (Å²) in [6.45, 7) is 7.48. The molecule has 0 radical (unpaired) electrons. The van der Waals surface area contributed by atoms with E-state index in [4.69, 9.17) is 14.2 Å². The van der Waals surface area contributed by atoms with Crippen molar-refractivity contribution in [2.75, 3.05) is 59.8 Å². The Bertz CT molecular complexity index is 184. The first-order valence-electron chi connectivity index (χ1n) is 7.80. The molecule has 0 unspecified atom stereocenters. The molecule has 0 amide bonds. The van der Waals surface area contributed by atoms with Gasteiger partial charge in [0.2, 0.25) is 0 Å². The van der Waals surface area contributed by atoms with E-state index >= 15 is 0 Å². The first-order valence-corrected chi connectivity index (χ1v) is 7.80. The second-order valence-corrected chi connectivity index (χ2v) is 5.18. The molecule has 0 atom stereocenters. The number of unbranched alkanes of at least 4 members (excludes halogenated alkanes) is 2. The van der Waals surface area contributed by atoms with Crippen LogP contribution in [-0.4, -0.2) is 64.7 Å². The molecule has 4 nitrogen and oxygen atoms in total. The summed E-state index contributed by atoms with van der Waals surface area (Å²) in [4.78, 5) is 2.61. The molecule has 0 spiro atoms. The van der Waals surface area contributed by atoms with Gasteiger partial charge in [0.15, 0.2) is 0 Å². The summed E-state index contributed by atoms with van der Waals surface area (Å²) >= 11 is 0. The highest BCUT2D eigenvalue weighted by atomic mass is 16.5. The van der Waals surface area contributed by atoms with E-state index in [2.05, 4.69) is 4.90 Å². The third-order valence-corrected chi connectivity index (χ3v) is 3.52. The third kappa shape index (κ3) is 10.3. The lowest BCUT2D eigenvalue weighted by atomic mass is 10.1. The smallest absolute Gasteiger partial charge is 0.0701 e. The molecule has 1 rings (SSSR count). The van der Waals surface area contributed by atoms with E-state index in [1.807, 2.05) is 0 Å². The van der Waals surface area contributed by atoms with Gasteiger partial charge in [0.05, 0.1) is 26.4 Å². The largest absolute Gasteiger partial charge is 0.382 e. The van der Waals surface area contributed by atoms with Crippen LogP contribution in [0, 0.1) is 0 Å². The van der Waals surface area contributed by atoms with Crippen LogP contribution in [0.3, 0.4) is 0 Å². The molecule has 1 saturated heterocycles. The number of likely N-dealkylation sites (tertiary alicyclic amines) is 1. The van der Waals surface area contributed by atoms with Crippen LogP contribution in [0.15, 0.2) is 0 Å². The monoisotopic (exact) mass is 273 g/mol. The average molecular weight is 273 g/mol. The van der Waals surface area contributed by atoms with E-state index in [-0.39, 0.29) is 0 Å². The zero-order chi connectivity index (χ0) is 13.6. The molecule has 0 aromatic heterocycles. The van der Waals surface area contributed by atoms with Crippen LogP contribution >= 0.6 is 0 Å². The molecule has 1 aliphatic heterocycles. The minimum atomic E-state index is 0.662. The Morgan fingerprint density at radius 3 is 2.16 bits per heavy atom. The number of ether oxygens (including phenoxy) is 3. The molecule has 19 heavy (non-hydrogen) atoms. The molecule has 114 valence electrons. The van der Waals surface area contributed by atoms with Crippen LogP contribution in [0.1, 0.15) is 38.5 Å². The Balaban J connectivity index is 1.71. The Labute approximate surface area is 118 Å². The van der Waals surface area contributed by atoms with Gasteiger partial charge >= 0.3 is 0 Å². The maximum Gasteiger partial charge on any atom is 0.0701 e. The Morgan fingerprint density at radius 1 is 0.737 bits per heavy atom. The van der Waals surface area contributed by atoms with Crippen molar-refractivity contribution in [1.82, 2.24) is 4.90 Å². The predicted octanol–water partition coefficient (Wildman–Crippen LogP) is 2.32. The molecular formula is C15H31NO3. The van der Waals surface area contributed by atoms with Gasteiger partial charge in [0.1, 0.15) is 0 Å². The maximum atomic E-state index is 5.53. The van der Waals surface area contributed by atoms with Gasteiger partial charge in [-0.1, -0.05) is 6.42 Å². The lowest BCUT2D eigenvalue weighted by Gasteiger charge is -2.26. The van der Waals surface area contributed by atoms with Crippen molar-refractivity contribution in [3.8, 4) is 0 Å². The van der Waals surface area contributed by atoms with E-state index in [9.17, 15) is 0 Å². The summed E-state index contributed by atoms with van der Waals surface area (Å²) in [7, 11) is 1.68. The molecule has 1 heterocycles. The number of hydrogen-bond donors (Lipinski definition) is 0. The van der Waals surface area contributed by atoms with E-state index < -0.39 is 0 Å². The van der Waals surface area contributed by atoms with Crippen molar-refractivity contribution in [3.05, 3.63) is 0 Å². The number of methoxy groups -OCH3 is 1. The summed E-state index contributed by atoms with van der Waals surface area (Å²) in [6.07, 6.45) is 7.98. The van der Waals surface area contributed by atoms with Gasteiger partial charge in [0.25, 0.3) is 0 Å². The number of rotatable bonds is 12. The standard InChI is InChI=1S/C15H31NO3/c1-17-12-13-19-15-14-18-11-7-3-6-10-16-8-4-2-5-9-16/h2-15H2,1H3. The minimum absolute atomic E-state index is 0.662. The van der Waals surface area contributed by atoms with Gasteiger partial charge in [-0.3, -0.25) is 0 Å². The normalized spacial score (nSPS) is 16.9. The minimum Gasteiger partial charge on any atom is -0.382 e. The Morgan fingerprint density at radius 2 is 1.42 bits per heavy atom. The summed E-state index contributed by atoms with van der Waals surface area (Å²) in [5, 5.41) is 0. The number of nitrogens with zero attached hydrogens (tertiary/aromatic N) is 1. The topological polar surface area (TPSA) is 30.9 Å². The van der Waals surface area contributed by atoms with Gasteiger partial charge in [-0.15, -0.1) is 0 Å². The third-order valence-electron chi connectivity index (χ3n) is 3.52. The quantitative estimate of drug-likeness (QED) is 0.511. The van der Waals surface area contributed by atoms with Gasteiger partial charge in [-0.05, 0) is 51.7 Å². The van der Waals surface area contributed by atoms with Crippen molar-refractivity contribution in [2.45, 2.75) is 38.5 Å². The summed E-state index contributed by atoms with van der Waals surface area (Å²) in [5.74, 6) is 0. The van der Waals surface area contributed by atoms with Gasteiger partial charge in [-0.2, -0.15) is 0 Å². The molecule has 0 aliphatic carbocycles. The van der Waals surface area contributed by atoms with Crippen molar-refractivity contribution in [2.24, 2.45) is 0 Å². The van der Waals surface area contributed by atoms with Gasteiger partial charge < -0.3 is 19.1 Å².